The van der Waals surface area contributed by atoms with Crippen molar-refractivity contribution in [3.8, 4) is 11.5 Å². The van der Waals surface area contributed by atoms with Gasteiger partial charge in [0.15, 0.2) is 11.5 Å². The van der Waals surface area contributed by atoms with Crippen molar-refractivity contribution in [3.63, 3.8) is 0 Å². The number of β-lactam (4-membered cyclic amide) rings is 1. The number of thioether (sulfide) groups is 1. The summed E-state index contributed by atoms with van der Waals surface area (Å²) in [5, 5.41) is 2.05. The summed E-state index contributed by atoms with van der Waals surface area (Å²) < 4.78 is 24.9. The van der Waals surface area contributed by atoms with Crippen LogP contribution in [0.2, 0.25) is 0 Å². The highest BCUT2D eigenvalue weighted by Gasteiger charge is 2.54. The maximum atomic E-state index is 13.0. The minimum Gasteiger partial charge on any atom is -0.461 e. The van der Waals surface area contributed by atoms with E-state index in [1.54, 1.807) is 18.2 Å². The molecule has 4 rings (SSSR count). The van der Waals surface area contributed by atoms with E-state index in [0.717, 1.165) is 5.56 Å². The van der Waals surface area contributed by atoms with Crippen molar-refractivity contribution in [2.24, 2.45) is 5.73 Å². The van der Waals surface area contributed by atoms with E-state index in [4.69, 9.17) is 24.7 Å². The molecule has 0 radical (unpaired) electrons. The zero-order chi connectivity index (χ0) is 25.8. The van der Waals surface area contributed by atoms with Gasteiger partial charge < -0.3 is 34.7 Å². The lowest BCUT2D eigenvalue weighted by atomic mass is 10.0. The highest BCUT2D eigenvalue weighted by atomic mass is 35.5. The number of halogens is 1. The Labute approximate surface area is 221 Å². The third-order valence-corrected chi connectivity index (χ3v) is 6.88. The van der Waals surface area contributed by atoms with Crippen LogP contribution >= 0.6 is 24.2 Å². The number of carbonyl (C=O) groups excluding carboxylic acids is 5. The third kappa shape index (κ3) is 6.09. The molecule has 15 heteroatoms. The number of hydrogen-bond acceptors (Lipinski definition) is 12. The molecule has 3 heterocycles. The molecular formula is C22H24ClN3O10S. The second-order valence-electron chi connectivity index (χ2n) is 7.94. The molecule has 3 aliphatic rings. The molecule has 2 amide bonds. The zero-order valence-corrected chi connectivity index (χ0v) is 21.1. The average Bonchev–Trinajstić information content (AvgIpc) is 3.33. The quantitative estimate of drug-likeness (QED) is 0.125. The molecule has 3 aliphatic heterocycles. The highest BCUT2D eigenvalue weighted by Crippen LogP contribution is 2.41. The second kappa shape index (κ2) is 12.2. The molecule has 0 spiro atoms. The van der Waals surface area contributed by atoms with Crippen LogP contribution in [0.3, 0.4) is 0 Å². The molecule has 13 nitrogen and oxygen atoms in total. The van der Waals surface area contributed by atoms with Gasteiger partial charge in [0, 0.05) is 18.2 Å². The maximum absolute atomic E-state index is 13.0. The lowest BCUT2D eigenvalue weighted by Gasteiger charge is -2.49. The fourth-order valence-corrected chi connectivity index (χ4v) is 5.16. The van der Waals surface area contributed by atoms with Crippen LogP contribution in [0, 0.1) is 0 Å². The molecule has 37 heavy (non-hydrogen) atoms. The van der Waals surface area contributed by atoms with Gasteiger partial charge in [0.25, 0.3) is 12.4 Å². The standard InChI is InChI=1S/C22H23N3O10S.ClH/c1-11(27)32-6-13-7-36-21-17(20(29)25(21)18(13)22(30)35-9-31-8-26)24-19(28)14(23)4-12-2-3-15-16(5-12)34-10-33-15;/h2-3,5,8,14,17,21H,4,6-7,9-10,23H2,1H3,(H,24,28);1H/t14?,17-,21-;/m1./s1. The molecule has 1 saturated heterocycles. The Kier molecular flexibility index (Phi) is 9.23. The number of rotatable bonds is 10. The summed E-state index contributed by atoms with van der Waals surface area (Å²) in [6.07, 6.45) is 0.200. The summed E-state index contributed by atoms with van der Waals surface area (Å²) in [6.45, 7) is 0.564. The summed E-state index contributed by atoms with van der Waals surface area (Å²) in [5.41, 5.74) is 7.07. The minimum absolute atomic E-state index is 0. The number of fused-ring (bicyclic) bond motifs is 2. The first-order chi connectivity index (χ1) is 17.3. The van der Waals surface area contributed by atoms with Crippen LogP contribution in [0.15, 0.2) is 29.5 Å². The minimum atomic E-state index is -0.944. The summed E-state index contributed by atoms with van der Waals surface area (Å²) in [6, 6.07) is 3.38. The van der Waals surface area contributed by atoms with Crippen molar-refractivity contribution in [1.29, 1.82) is 0 Å². The molecule has 0 bridgehead atoms. The van der Waals surface area contributed by atoms with Crippen LogP contribution < -0.4 is 20.5 Å². The van der Waals surface area contributed by atoms with E-state index >= 15 is 0 Å². The van der Waals surface area contributed by atoms with Gasteiger partial charge in [0.05, 0.1) is 6.04 Å². The van der Waals surface area contributed by atoms with Gasteiger partial charge >= 0.3 is 11.9 Å². The van der Waals surface area contributed by atoms with Crippen molar-refractivity contribution in [3.05, 3.63) is 35.0 Å². The van der Waals surface area contributed by atoms with E-state index < -0.39 is 48.0 Å². The predicted molar refractivity (Wildman–Crippen MR) is 128 cm³/mol. The van der Waals surface area contributed by atoms with E-state index in [9.17, 15) is 24.0 Å². The number of hydrogen-bond donors (Lipinski definition) is 2. The summed E-state index contributed by atoms with van der Waals surface area (Å²) >= 11 is 1.28. The monoisotopic (exact) mass is 557 g/mol. The van der Waals surface area contributed by atoms with E-state index in [1.165, 1.54) is 23.6 Å². The number of ether oxygens (including phenoxy) is 5. The molecule has 200 valence electrons. The molecule has 1 aromatic carbocycles. The Morgan fingerprint density at radius 3 is 2.76 bits per heavy atom. The SMILES string of the molecule is CC(=O)OCC1=C(C(=O)OCOC=O)N2C(=O)[C@@H](NC(=O)C(N)Cc3ccc4c(c3)OCO4)[C@H]2SC1.Cl. The molecule has 3 atom stereocenters. The molecule has 1 unspecified atom stereocenters. The fourth-order valence-electron chi connectivity index (χ4n) is 3.83. The van der Waals surface area contributed by atoms with Crippen molar-refractivity contribution in [2.75, 3.05) is 25.9 Å². The first-order valence-corrected chi connectivity index (χ1v) is 11.8. The van der Waals surface area contributed by atoms with Gasteiger partial charge in [-0.3, -0.25) is 24.1 Å². The van der Waals surface area contributed by atoms with Gasteiger partial charge in [-0.1, -0.05) is 6.07 Å². The fraction of sp³-hybridized carbons (Fsp3) is 0.409. The Bertz CT molecular complexity index is 1130. The van der Waals surface area contributed by atoms with E-state index in [2.05, 4.69) is 10.1 Å². The van der Waals surface area contributed by atoms with Gasteiger partial charge in [-0.2, -0.15) is 0 Å². The van der Waals surface area contributed by atoms with Gasteiger partial charge in [-0.25, -0.2) is 4.79 Å². The van der Waals surface area contributed by atoms with Gasteiger partial charge in [-0.05, 0) is 24.1 Å². The van der Waals surface area contributed by atoms with Crippen LogP contribution in [-0.4, -0.2) is 78.5 Å². The number of amides is 2. The van der Waals surface area contributed by atoms with Crippen LogP contribution in [0.25, 0.3) is 0 Å². The Hall–Kier alpha value is -3.49. The normalized spacial score (nSPS) is 20.1. The van der Waals surface area contributed by atoms with Crippen LogP contribution in [0.4, 0.5) is 0 Å². The predicted octanol–water partition coefficient (Wildman–Crippen LogP) is -0.402. The van der Waals surface area contributed by atoms with Crippen molar-refractivity contribution < 1.29 is 47.7 Å². The van der Waals surface area contributed by atoms with Crippen LogP contribution in [0.1, 0.15) is 12.5 Å². The van der Waals surface area contributed by atoms with E-state index in [-0.39, 0.29) is 50.1 Å². The molecule has 3 N–H and O–H groups in total. The van der Waals surface area contributed by atoms with Crippen molar-refractivity contribution >= 4 is 54.4 Å². The smallest absolute Gasteiger partial charge is 0.358 e. The van der Waals surface area contributed by atoms with Gasteiger partial charge in [0.1, 0.15) is 23.7 Å². The summed E-state index contributed by atoms with van der Waals surface area (Å²) in [7, 11) is 0. The maximum Gasteiger partial charge on any atom is 0.358 e. The number of nitrogens with zero attached hydrogens (tertiary/aromatic N) is 1. The van der Waals surface area contributed by atoms with Crippen LogP contribution in [-0.2, 0) is 44.6 Å². The lowest BCUT2D eigenvalue weighted by molar-refractivity contribution is -0.162. The number of esters is 2. The molecule has 1 fully saturated rings. The lowest BCUT2D eigenvalue weighted by Crippen LogP contribution is -2.71. The number of carbonyl (C=O) groups is 5. The topological polar surface area (TPSA) is 173 Å². The number of nitrogens with one attached hydrogen (secondary N) is 1. The van der Waals surface area contributed by atoms with E-state index in [1.807, 2.05) is 0 Å². The van der Waals surface area contributed by atoms with Crippen molar-refractivity contribution in [2.45, 2.75) is 30.8 Å². The van der Waals surface area contributed by atoms with Crippen LogP contribution in [0.5, 0.6) is 11.5 Å². The Morgan fingerprint density at radius 1 is 1.27 bits per heavy atom. The number of benzene rings is 1. The zero-order valence-electron chi connectivity index (χ0n) is 19.5. The van der Waals surface area contributed by atoms with Crippen molar-refractivity contribution in [1.82, 2.24) is 10.2 Å². The van der Waals surface area contributed by atoms with E-state index in [0.29, 0.717) is 17.1 Å². The Morgan fingerprint density at radius 2 is 2.03 bits per heavy atom. The van der Waals surface area contributed by atoms with Gasteiger partial charge in [0.2, 0.25) is 19.5 Å². The second-order valence-corrected chi connectivity index (χ2v) is 9.04. The highest BCUT2D eigenvalue weighted by molar-refractivity contribution is 8.00. The molecule has 0 saturated carbocycles. The molecule has 1 aromatic rings. The molecule has 0 aliphatic carbocycles. The largest absolute Gasteiger partial charge is 0.461 e. The van der Waals surface area contributed by atoms with Gasteiger partial charge in [-0.15, -0.1) is 24.2 Å². The third-order valence-electron chi connectivity index (χ3n) is 5.54. The first-order valence-electron chi connectivity index (χ1n) is 10.8. The Balaban J connectivity index is 0.00000380. The number of nitrogens with two attached hydrogens (primary N) is 1. The first kappa shape index (κ1) is 28.1. The molecule has 0 aromatic heterocycles. The summed E-state index contributed by atoms with van der Waals surface area (Å²) in [5.74, 6) is -1.18. The molecular weight excluding hydrogens is 534 g/mol. The average molecular weight is 558 g/mol. The summed E-state index contributed by atoms with van der Waals surface area (Å²) in [4.78, 5) is 61.1.